The Morgan fingerprint density at radius 3 is 2.88 bits per heavy atom. The van der Waals surface area contributed by atoms with Crippen molar-refractivity contribution < 1.29 is 9.59 Å². The van der Waals surface area contributed by atoms with Gasteiger partial charge in [-0.2, -0.15) is 0 Å². The summed E-state index contributed by atoms with van der Waals surface area (Å²) < 4.78 is 1.83. The lowest BCUT2D eigenvalue weighted by atomic mass is 10.1. The number of carbonyl (C=O) groups is 2. The second-order valence-electron chi connectivity index (χ2n) is 4.64. The molecule has 0 aliphatic carbocycles. The highest BCUT2D eigenvalue weighted by Gasteiger charge is 2.33. The molecule has 2 heterocycles. The number of likely N-dealkylation sites (N-methyl/N-ethyl adjacent to an activating group) is 1. The Morgan fingerprint density at radius 1 is 1.53 bits per heavy atom. The zero-order chi connectivity index (χ0) is 12.6. The van der Waals surface area contributed by atoms with E-state index >= 15 is 0 Å². The molecule has 0 saturated carbocycles. The normalized spacial score (nSPS) is 19.4. The minimum absolute atomic E-state index is 0.0806. The lowest BCUT2D eigenvalue weighted by Crippen LogP contribution is -2.54. The number of fused-ring (bicyclic) bond motifs is 1. The Kier molecular flexibility index (Phi) is 2.92. The monoisotopic (exact) mass is 235 g/mol. The molecule has 0 spiro atoms. The van der Waals surface area contributed by atoms with Gasteiger partial charge in [0.05, 0.1) is 6.54 Å². The van der Waals surface area contributed by atoms with Crippen LogP contribution in [0.1, 0.15) is 24.3 Å². The molecule has 0 saturated heterocycles. The Bertz CT molecular complexity index is 450. The van der Waals surface area contributed by atoms with Crippen LogP contribution in [0, 0.1) is 0 Å². The summed E-state index contributed by atoms with van der Waals surface area (Å²) >= 11 is 0. The van der Waals surface area contributed by atoms with Crippen molar-refractivity contribution in [2.75, 3.05) is 7.05 Å². The Labute approximate surface area is 100 Å². The molecule has 1 N–H and O–H groups in total. The molecule has 2 amide bonds. The van der Waals surface area contributed by atoms with Crippen LogP contribution in [0.3, 0.4) is 0 Å². The van der Waals surface area contributed by atoms with E-state index < -0.39 is 6.04 Å². The standard InChI is InChI=1S/C12H17N3O2/c1-8(2)13-11(16)10-7-15-6-4-5-9(15)12(17)14(10)3/h4-6,8,10H,7H2,1-3H3,(H,13,16). The number of rotatable bonds is 2. The molecule has 1 unspecified atom stereocenters. The number of nitrogens with one attached hydrogen (secondary N) is 1. The lowest BCUT2D eigenvalue weighted by Gasteiger charge is -2.33. The number of carbonyl (C=O) groups excluding carboxylic acids is 2. The maximum atomic E-state index is 12.0. The van der Waals surface area contributed by atoms with Crippen LogP contribution in [0.15, 0.2) is 18.3 Å². The Hall–Kier alpha value is -1.78. The van der Waals surface area contributed by atoms with Gasteiger partial charge in [-0.05, 0) is 26.0 Å². The fraction of sp³-hybridized carbons (Fsp3) is 0.500. The third kappa shape index (κ3) is 2.05. The van der Waals surface area contributed by atoms with Crippen LogP contribution in [0.4, 0.5) is 0 Å². The van der Waals surface area contributed by atoms with E-state index in [1.807, 2.05) is 30.7 Å². The smallest absolute Gasteiger partial charge is 0.270 e. The fourth-order valence-electron chi connectivity index (χ4n) is 2.04. The van der Waals surface area contributed by atoms with Crippen molar-refractivity contribution in [3.05, 3.63) is 24.0 Å². The summed E-state index contributed by atoms with van der Waals surface area (Å²) in [5.41, 5.74) is 0.640. The summed E-state index contributed by atoms with van der Waals surface area (Å²) in [6, 6.07) is 3.25. The van der Waals surface area contributed by atoms with Gasteiger partial charge in [0.25, 0.3) is 5.91 Å². The van der Waals surface area contributed by atoms with Crippen molar-refractivity contribution in [2.24, 2.45) is 0 Å². The van der Waals surface area contributed by atoms with E-state index in [0.717, 1.165) is 0 Å². The molecule has 0 fully saturated rings. The molecule has 5 nitrogen and oxygen atoms in total. The van der Waals surface area contributed by atoms with Crippen molar-refractivity contribution in [3.8, 4) is 0 Å². The minimum atomic E-state index is -0.426. The maximum absolute atomic E-state index is 12.0. The molecule has 0 aromatic carbocycles. The van der Waals surface area contributed by atoms with Gasteiger partial charge in [0.1, 0.15) is 11.7 Å². The summed E-state index contributed by atoms with van der Waals surface area (Å²) in [4.78, 5) is 25.5. The zero-order valence-corrected chi connectivity index (χ0v) is 10.3. The number of aromatic nitrogens is 1. The van der Waals surface area contributed by atoms with Crippen molar-refractivity contribution in [3.63, 3.8) is 0 Å². The van der Waals surface area contributed by atoms with Gasteiger partial charge in [0, 0.05) is 19.3 Å². The average molecular weight is 235 g/mol. The second-order valence-corrected chi connectivity index (χ2v) is 4.64. The molecule has 1 aliphatic rings. The van der Waals surface area contributed by atoms with Gasteiger partial charge in [-0.1, -0.05) is 0 Å². The van der Waals surface area contributed by atoms with E-state index in [1.165, 1.54) is 4.90 Å². The minimum Gasteiger partial charge on any atom is -0.352 e. The van der Waals surface area contributed by atoms with E-state index in [0.29, 0.717) is 12.2 Å². The van der Waals surface area contributed by atoms with Gasteiger partial charge >= 0.3 is 0 Å². The molecule has 1 aromatic heterocycles. The first-order valence-corrected chi connectivity index (χ1v) is 5.73. The van der Waals surface area contributed by atoms with Crippen LogP contribution in [-0.2, 0) is 11.3 Å². The summed E-state index contributed by atoms with van der Waals surface area (Å²) in [5, 5.41) is 2.84. The molecule has 1 atom stereocenters. The first kappa shape index (κ1) is 11.7. The highest BCUT2D eigenvalue weighted by atomic mass is 16.2. The van der Waals surface area contributed by atoms with Gasteiger partial charge in [-0.15, -0.1) is 0 Å². The predicted octanol–water partition coefficient (Wildman–Crippen LogP) is 0.467. The molecule has 1 aliphatic heterocycles. The number of nitrogens with zero attached hydrogens (tertiary/aromatic N) is 2. The van der Waals surface area contributed by atoms with Crippen LogP contribution >= 0.6 is 0 Å². The number of hydrogen-bond donors (Lipinski definition) is 1. The van der Waals surface area contributed by atoms with Crippen molar-refractivity contribution >= 4 is 11.8 Å². The predicted molar refractivity (Wildman–Crippen MR) is 63.6 cm³/mol. The van der Waals surface area contributed by atoms with Crippen molar-refractivity contribution in [1.82, 2.24) is 14.8 Å². The topological polar surface area (TPSA) is 54.3 Å². The van der Waals surface area contributed by atoms with Gasteiger partial charge in [0.15, 0.2) is 0 Å². The van der Waals surface area contributed by atoms with Gasteiger partial charge in [-0.3, -0.25) is 9.59 Å². The highest BCUT2D eigenvalue weighted by Crippen LogP contribution is 2.16. The molecule has 2 rings (SSSR count). The molecule has 17 heavy (non-hydrogen) atoms. The van der Waals surface area contributed by atoms with E-state index in [2.05, 4.69) is 5.32 Å². The summed E-state index contributed by atoms with van der Waals surface area (Å²) in [7, 11) is 1.67. The number of hydrogen-bond acceptors (Lipinski definition) is 2. The number of amides is 2. The third-order valence-electron chi connectivity index (χ3n) is 2.94. The Morgan fingerprint density at radius 2 is 2.24 bits per heavy atom. The molecule has 1 aromatic rings. The quantitative estimate of drug-likeness (QED) is 0.810. The van der Waals surface area contributed by atoms with E-state index in [-0.39, 0.29) is 17.9 Å². The summed E-state index contributed by atoms with van der Waals surface area (Å²) in [6.07, 6.45) is 1.83. The van der Waals surface area contributed by atoms with Crippen LogP contribution in [0.25, 0.3) is 0 Å². The lowest BCUT2D eigenvalue weighted by molar-refractivity contribution is -0.126. The van der Waals surface area contributed by atoms with Crippen LogP contribution in [-0.4, -0.2) is 40.4 Å². The molecule has 92 valence electrons. The summed E-state index contributed by atoms with van der Waals surface area (Å²) in [6.45, 7) is 4.33. The summed E-state index contributed by atoms with van der Waals surface area (Å²) in [5.74, 6) is -0.208. The largest absolute Gasteiger partial charge is 0.352 e. The van der Waals surface area contributed by atoms with Crippen LogP contribution in [0.5, 0.6) is 0 Å². The SMILES string of the molecule is CC(C)NC(=O)C1Cn2cccc2C(=O)N1C. The van der Waals surface area contributed by atoms with Gasteiger partial charge in [-0.25, -0.2) is 0 Å². The van der Waals surface area contributed by atoms with Gasteiger partial charge < -0.3 is 14.8 Å². The third-order valence-corrected chi connectivity index (χ3v) is 2.94. The average Bonchev–Trinajstić information content (AvgIpc) is 2.70. The van der Waals surface area contributed by atoms with Crippen molar-refractivity contribution in [1.29, 1.82) is 0 Å². The molecule has 0 radical (unpaired) electrons. The van der Waals surface area contributed by atoms with E-state index in [9.17, 15) is 9.59 Å². The first-order valence-electron chi connectivity index (χ1n) is 5.73. The van der Waals surface area contributed by atoms with Gasteiger partial charge in [0.2, 0.25) is 5.91 Å². The van der Waals surface area contributed by atoms with E-state index in [4.69, 9.17) is 0 Å². The molecular weight excluding hydrogens is 218 g/mol. The van der Waals surface area contributed by atoms with E-state index in [1.54, 1.807) is 13.1 Å². The molecule has 0 bridgehead atoms. The molecular formula is C12H17N3O2. The first-order chi connectivity index (χ1) is 8.00. The van der Waals surface area contributed by atoms with Crippen LogP contribution < -0.4 is 5.32 Å². The maximum Gasteiger partial charge on any atom is 0.270 e. The van der Waals surface area contributed by atoms with Crippen molar-refractivity contribution in [2.45, 2.75) is 32.5 Å². The highest BCUT2D eigenvalue weighted by molar-refractivity contribution is 5.97. The molecule has 5 heteroatoms. The fourth-order valence-corrected chi connectivity index (χ4v) is 2.04. The Balaban J connectivity index is 2.22. The zero-order valence-electron chi connectivity index (χ0n) is 10.3. The second kappa shape index (κ2) is 4.24. The van der Waals surface area contributed by atoms with Crippen LogP contribution in [0.2, 0.25) is 0 Å².